The summed E-state index contributed by atoms with van der Waals surface area (Å²) in [5.41, 5.74) is 8.35. The zero-order chi connectivity index (χ0) is 18.4. The molecule has 3 heteroatoms. The quantitative estimate of drug-likeness (QED) is 0.671. The Morgan fingerprint density at radius 2 is 1.78 bits per heavy atom. The molecular formula is C24H21NO2. The highest BCUT2D eigenvalue weighted by molar-refractivity contribution is 5.89. The normalized spacial score (nSPS) is 17.2. The molecule has 0 spiro atoms. The summed E-state index contributed by atoms with van der Waals surface area (Å²) in [6, 6.07) is 23.1. The third-order valence-electron chi connectivity index (χ3n) is 5.44. The zero-order valence-electron chi connectivity index (χ0n) is 15.5. The number of nitrogens with one attached hydrogen (secondary N) is 1. The van der Waals surface area contributed by atoms with Gasteiger partial charge in [-0.2, -0.15) is 0 Å². The predicted octanol–water partition coefficient (Wildman–Crippen LogP) is 5.36. The Bertz CT molecular complexity index is 1070. The van der Waals surface area contributed by atoms with E-state index in [1.165, 1.54) is 22.3 Å². The maximum Gasteiger partial charge on any atom is 0.129 e. The van der Waals surface area contributed by atoms with Crippen molar-refractivity contribution in [1.29, 1.82) is 0 Å². The Morgan fingerprint density at radius 3 is 2.67 bits per heavy atom. The van der Waals surface area contributed by atoms with E-state index in [0.29, 0.717) is 6.61 Å². The lowest BCUT2D eigenvalue weighted by atomic mass is 9.78. The van der Waals surface area contributed by atoms with Crippen LogP contribution in [0.15, 0.2) is 72.3 Å². The van der Waals surface area contributed by atoms with E-state index in [9.17, 15) is 0 Å². The molecular weight excluding hydrogens is 334 g/mol. The van der Waals surface area contributed by atoms with Crippen molar-refractivity contribution in [2.45, 2.75) is 12.8 Å². The molecule has 0 saturated carbocycles. The molecule has 0 saturated heterocycles. The highest BCUT2D eigenvalue weighted by Crippen LogP contribution is 2.49. The molecule has 2 heterocycles. The molecule has 5 rings (SSSR count). The number of aryl methyl sites for hydroxylation is 1. The second-order valence-electron chi connectivity index (χ2n) is 7.08. The van der Waals surface area contributed by atoms with Crippen molar-refractivity contribution in [2.24, 2.45) is 0 Å². The van der Waals surface area contributed by atoms with Crippen molar-refractivity contribution in [1.82, 2.24) is 0 Å². The van der Waals surface area contributed by atoms with Crippen LogP contribution in [0.1, 0.15) is 28.2 Å². The van der Waals surface area contributed by atoms with Crippen LogP contribution in [0.5, 0.6) is 11.5 Å². The Morgan fingerprint density at radius 1 is 0.963 bits per heavy atom. The Hall–Kier alpha value is -3.20. The number of fused-ring (bicyclic) bond motifs is 3. The van der Waals surface area contributed by atoms with Crippen molar-refractivity contribution in [3.05, 3.63) is 94.6 Å². The van der Waals surface area contributed by atoms with Crippen molar-refractivity contribution in [3.63, 3.8) is 0 Å². The van der Waals surface area contributed by atoms with Crippen LogP contribution in [-0.2, 0) is 0 Å². The van der Waals surface area contributed by atoms with Crippen molar-refractivity contribution in [2.75, 3.05) is 19.0 Å². The monoisotopic (exact) mass is 355 g/mol. The van der Waals surface area contributed by atoms with Gasteiger partial charge >= 0.3 is 0 Å². The van der Waals surface area contributed by atoms with E-state index in [2.05, 4.69) is 54.7 Å². The van der Waals surface area contributed by atoms with Gasteiger partial charge in [0.2, 0.25) is 0 Å². The fraction of sp³-hybridized carbons (Fsp3) is 0.167. The van der Waals surface area contributed by atoms with Gasteiger partial charge in [0.15, 0.2) is 0 Å². The van der Waals surface area contributed by atoms with Gasteiger partial charge in [0.05, 0.1) is 12.8 Å². The van der Waals surface area contributed by atoms with Gasteiger partial charge in [-0.25, -0.2) is 0 Å². The van der Waals surface area contributed by atoms with Gasteiger partial charge in [0.25, 0.3) is 0 Å². The first-order chi connectivity index (χ1) is 13.3. The molecule has 1 unspecified atom stereocenters. The minimum atomic E-state index is 0.0978. The van der Waals surface area contributed by atoms with Gasteiger partial charge in [0.1, 0.15) is 18.1 Å². The lowest BCUT2D eigenvalue weighted by Crippen LogP contribution is -2.25. The number of ether oxygens (including phenoxy) is 2. The zero-order valence-corrected chi connectivity index (χ0v) is 15.5. The number of para-hydroxylation sites is 2. The molecule has 0 bridgehead atoms. The summed E-state index contributed by atoms with van der Waals surface area (Å²) in [7, 11) is 1.74. The number of methoxy groups -OCH3 is 1. The van der Waals surface area contributed by atoms with Crippen LogP contribution < -0.4 is 14.8 Å². The molecule has 0 aliphatic carbocycles. The first kappa shape index (κ1) is 16.0. The Labute approximate surface area is 159 Å². The van der Waals surface area contributed by atoms with Gasteiger partial charge in [-0.3, -0.25) is 0 Å². The fourth-order valence-electron chi connectivity index (χ4n) is 4.19. The van der Waals surface area contributed by atoms with Gasteiger partial charge in [0, 0.05) is 28.3 Å². The molecule has 3 aromatic rings. The van der Waals surface area contributed by atoms with E-state index in [4.69, 9.17) is 9.47 Å². The van der Waals surface area contributed by atoms with E-state index < -0.39 is 0 Å². The highest BCUT2D eigenvalue weighted by Gasteiger charge is 2.34. The molecule has 0 radical (unpaired) electrons. The van der Waals surface area contributed by atoms with Crippen LogP contribution in [0.2, 0.25) is 0 Å². The van der Waals surface area contributed by atoms with E-state index >= 15 is 0 Å². The van der Waals surface area contributed by atoms with Crippen LogP contribution in [-0.4, -0.2) is 13.7 Å². The van der Waals surface area contributed by atoms with Crippen molar-refractivity contribution in [3.8, 4) is 11.5 Å². The largest absolute Gasteiger partial charge is 0.496 e. The molecule has 3 nitrogen and oxygen atoms in total. The maximum atomic E-state index is 6.12. The summed E-state index contributed by atoms with van der Waals surface area (Å²) >= 11 is 0. The number of rotatable bonds is 2. The standard InChI is InChI=1S/C24H21NO2/c1-15-11-12-20-18(13-15)23(16-7-3-5-9-21(16)26-2)19-14-27-22-10-6-4-8-17(22)24(19)25-20/h3-13,23,25H,14H2,1-2H3. The maximum absolute atomic E-state index is 6.12. The van der Waals surface area contributed by atoms with E-state index in [-0.39, 0.29) is 5.92 Å². The minimum absolute atomic E-state index is 0.0978. The molecule has 1 N–H and O–H groups in total. The SMILES string of the molecule is COc1ccccc1C1C2=C(Nc3ccc(C)cc31)c1ccccc1OC2. The number of benzene rings is 3. The summed E-state index contributed by atoms with van der Waals surface area (Å²) < 4.78 is 11.8. The molecule has 3 aromatic carbocycles. The highest BCUT2D eigenvalue weighted by atomic mass is 16.5. The van der Waals surface area contributed by atoms with Gasteiger partial charge in [-0.1, -0.05) is 48.0 Å². The van der Waals surface area contributed by atoms with Crippen LogP contribution in [0.25, 0.3) is 5.70 Å². The minimum Gasteiger partial charge on any atom is -0.496 e. The first-order valence-electron chi connectivity index (χ1n) is 9.22. The van der Waals surface area contributed by atoms with Crippen LogP contribution >= 0.6 is 0 Å². The number of hydrogen-bond donors (Lipinski definition) is 1. The fourth-order valence-corrected chi connectivity index (χ4v) is 4.19. The van der Waals surface area contributed by atoms with Crippen LogP contribution in [0, 0.1) is 6.92 Å². The lowest BCUT2D eigenvalue weighted by molar-refractivity contribution is 0.338. The summed E-state index contributed by atoms with van der Waals surface area (Å²) in [4.78, 5) is 0. The van der Waals surface area contributed by atoms with Crippen LogP contribution in [0.4, 0.5) is 5.69 Å². The first-order valence-corrected chi connectivity index (χ1v) is 9.22. The molecule has 27 heavy (non-hydrogen) atoms. The summed E-state index contributed by atoms with van der Waals surface area (Å²) in [6.45, 7) is 2.70. The average molecular weight is 355 g/mol. The third kappa shape index (κ3) is 2.50. The topological polar surface area (TPSA) is 30.5 Å². The molecule has 0 fully saturated rings. The Balaban J connectivity index is 1.79. The van der Waals surface area contributed by atoms with E-state index in [1.807, 2.05) is 24.3 Å². The second kappa shape index (κ2) is 6.20. The molecule has 1 atom stereocenters. The van der Waals surface area contributed by atoms with Crippen molar-refractivity contribution < 1.29 is 9.47 Å². The molecule has 0 aromatic heterocycles. The third-order valence-corrected chi connectivity index (χ3v) is 5.44. The predicted molar refractivity (Wildman–Crippen MR) is 108 cm³/mol. The number of hydrogen-bond acceptors (Lipinski definition) is 3. The van der Waals surface area contributed by atoms with Crippen molar-refractivity contribution >= 4 is 11.4 Å². The van der Waals surface area contributed by atoms with Gasteiger partial charge in [-0.05, 0) is 36.8 Å². The summed E-state index contributed by atoms with van der Waals surface area (Å²) in [6.07, 6.45) is 0. The smallest absolute Gasteiger partial charge is 0.129 e. The van der Waals surface area contributed by atoms with E-state index in [0.717, 1.165) is 28.4 Å². The Kier molecular flexibility index (Phi) is 3.68. The van der Waals surface area contributed by atoms with Crippen LogP contribution in [0.3, 0.4) is 0 Å². The lowest BCUT2D eigenvalue weighted by Gasteiger charge is -2.36. The molecule has 134 valence electrons. The average Bonchev–Trinajstić information content (AvgIpc) is 2.72. The van der Waals surface area contributed by atoms with E-state index in [1.54, 1.807) is 7.11 Å². The number of anilines is 1. The molecule has 0 amide bonds. The van der Waals surface area contributed by atoms with Gasteiger partial charge < -0.3 is 14.8 Å². The van der Waals surface area contributed by atoms with Gasteiger partial charge in [-0.15, -0.1) is 0 Å². The molecule has 2 aliphatic heterocycles. The summed E-state index contributed by atoms with van der Waals surface area (Å²) in [5, 5.41) is 3.68. The second-order valence-corrected chi connectivity index (χ2v) is 7.08. The molecule has 2 aliphatic rings. The summed E-state index contributed by atoms with van der Waals surface area (Å²) in [5.74, 6) is 1.93.